The van der Waals surface area contributed by atoms with Crippen LogP contribution in [0.5, 0.6) is 5.75 Å². The second kappa shape index (κ2) is 9.95. The van der Waals surface area contributed by atoms with Crippen molar-refractivity contribution in [3.63, 3.8) is 0 Å². The summed E-state index contributed by atoms with van der Waals surface area (Å²) in [5.74, 6) is -0.778. The molecule has 0 aliphatic carbocycles. The lowest BCUT2D eigenvalue weighted by Gasteiger charge is -2.51. The topological polar surface area (TPSA) is 94.2 Å². The molecule has 0 aromatic heterocycles. The molecule has 2 heterocycles. The standard InChI is InChI=1S/C23H30N2O6S/c1-6-12-29-22-14(2)18(21(28)31-23(3,4)5)25-19(27)17(20(25)32-22)24-16(26)13-30-15-10-8-7-9-11-15/h7-11,17,20,22H,6,12-13H2,1-5H3,(H,24,26)/t17-,20-,22?/m1/s1. The van der Waals surface area contributed by atoms with Gasteiger partial charge < -0.3 is 19.5 Å². The zero-order chi connectivity index (χ0) is 23.5. The number of rotatable bonds is 8. The van der Waals surface area contributed by atoms with Crippen molar-refractivity contribution in [2.75, 3.05) is 13.2 Å². The van der Waals surface area contributed by atoms with Gasteiger partial charge in [-0.25, -0.2) is 4.79 Å². The maximum absolute atomic E-state index is 12.9. The molecule has 174 valence electrons. The molecule has 2 aliphatic rings. The van der Waals surface area contributed by atoms with Gasteiger partial charge >= 0.3 is 5.97 Å². The van der Waals surface area contributed by atoms with Crippen molar-refractivity contribution >= 4 is 29.5 Å². The Kier molecular flexibility index (Phi) is 7.51. The van der Waals surface area contributed by atoms with E-state index in [4.69, 9.17) is 14.2 Å². The number of β-lactam (4-membered cyclic amide) rings is 1. The SMILES string of the molecule is CCCOC1S[C@@H]2[C@H](NC(=O)COc3ccccc3)C(=O)N2C(C(=O)OC(C)(C)C)=C1C. The van der Waals surface area contributed by atoms with E-state index in [2.05, 4.69) is 5.32 Å². The first-order valence-corrected chi connectivity index (χ1v) is 11.6. The number of para-hydroxylation sites is 1. The Morgan fingerprint density at radius 1 is 1.19 bits per heavy atom. The molecule has 1 fully saturated rings. The molecule has 1 aromatic carbocycles. The van der Waals surface area contributed by atoms with Gasteiger partial charge in [-0.2, -0.15) is 0 Å². The number of nitrogens with one attached hydrogen (secondary N) is 1. The molecular weight excluding hydrogens is 432 g/mol. The zero-order valence-corrected chi connectivity index (χ0v) is 19.9. The number of hydrogen-bond acceptors (Lipinski definition) is 7. The van der Waals surface area contributed by atoms with Crippen molar-refractivity contribution in [3.05, 3.63) is 41.6 Å². The van der Waals surface area contributed by atoms with Crippen LogP contribution in [0.15, 0.2) is 41.6 Å². The maximum Gasteiger partial charge on any atom is 0.355 e. The molecule has 1 aromatic rings. The van der Waals surface area contributed by atoms with Crippen molar-refractivity contribution < 1.29 is 28.6 Å². The molecule has 0 bridgehead atoms. The monoisotopic (exact) mass is 462 g/mol. The molecule has 3 rings (SSSR count). The van der Waals surface area contributed by atoms with E-state index in [1.54, 1.807) is 39.8 Å². The molecule has 0 saturated carbocycles. The number of benzene rings is 1. The summed E-state index contributed by atoms with van der Waals surface area (Å²) in [5.41, 5.74) is -0.285. The van der Waals surface area contributed by atoms with Crippen molar-refractivity contribution in [2.45, 2.75) is 63.5 Å². The fourth-order valence-corrected chi connectivity index (χ4v) is 4.78. The van der Waals surface area contributed by atoms with Crippen molar-refractivity contribution in [1.82, 2.24) is 10.2 Å². The van der Waals surface area contributed by atoms with Gasteiger partial charge in [0.15, 0.2) is 6.61 Å². The Balaban J connectivity index is 1.73. The number of nitrogens with zero attached hydrogens (tertiary/aromatic N) is 1. The minimum absolute atomic E-state index is 0.195. The minimum atomic E-state index is -0.773. The lowest BCUT2D eigenvalue weighted by Crippen LogP contribution is -2.71. The summed E-state index contributed by atoms with van der Waals surface area (Å²) >= 11 is 1.40. The highest BCUT2D eigenvalue weighted by Crippen LogP contribution is 2.45. The van der Waals surface area contributed by atoms with Gasteiger partial charge in [0.05, 0.1) is 0 Å². The predicted molar refractivity (Wildman–Crippen MR) is 121 cm³/mol. The van der Waals surface area contributed by atoms with Crippen LogP contribution < -0.4 is 10.1 Å². The van der Waals surface area contributed by atoms with Gasteiger partial charge in [0.2, 0.25) is 0 Å². The number of ether oxygens (including phenoxy) is 3. The van der Waals surface area contributed by atoms with Gasteiger partial charge in [-0.05, 0) is 51.8 Å². The highest BCUT2D eigenvalue weighted by atomic mass is 32.2. The highest BCUT2D eigenvalue weighted by molar-refractivity contribution is 8.00. The van der Waals surface area contributed by atoms with Gasteiger partial charge in [-0.1, -0.05) is 36.9 Å². The van der Waals surface area contributed by atoms with Gasteiger partial charge in [0, 0.05) is 6.61 Å². The summed E-state index contributed by atoms with van der Waals surface area (Å²) in [7, 11) is 0. The van der Waals surface area contributed by atoms with Crippen LogP contribution in [0.3, 0.4) is 0 Å². The van der Waals surface area contributed by atoms with Crippen molar-refractivity contribution in [1.29, 1.82) is 0 Å². The molecule has 1 N–H and O–H groups in total. The Morgan fingerprint density at radius 2 is 1.88 bits per heavy atom. The third kappa shape index (κ3) is 5.45. The first-order valence-electron chi connectivity index (χ1n) is 10.6. The second-order valence-electron chi connectivity index (χ2n) is 8.62. The van der Waals surface area contributed by atoms with Gasteiger partial charge in [0.1, 0.15) is 33.9 Å². The number of esters is 1. The summed E-state index contributed by atoms with van der Waals surface area (Å²) in [6, 6.07) is 8.19. The molecule has 8 nitrogen and oxygen atoms in total. The number of amides is 2. The van der Waals surface area contributed by atoms with E-state index in [1.165, 1.54) is 16.7 Å². The number of carbonyl (C=O) groups excluding carboxylic acids is 3. The first-order chi connectivity index (χ1) is 15.1. The molecule has 0 radical (unpaired) electrons. The van der Waals surface area contributed by atoms with Crippen molar-refractivity contribution in [2.24, 2.45) is 0 Å². The van der Waals surface area contributed by atoms with Crippen LogP contribution >= 0.6 is 11.8 Å². The Morgan fingerprint density at radius 3 is 2.50 bits per heavy atom. The summed E-state index contributed by atoms with van der Waals surface area (Å²) < 4.78 is 16.9. The molecule has 3 atom stereocenters. The van der Waals surface area contributed by atoms with E-state index in [9.17, 15) is 14.4 Å². The zero-order valence-electron chi connectivity index (χ0n) is 19.0. The fourth-order valence-electron chi connectivity index (χ4n) is 3.36. The minimum Gasteiger partial charge on any atom is -0.484 e. The molecule has 2 aliphatic heterocycles. The average molecular weight is 463 g/mol. The first kappa shape index (κ1) is 24.1. The summed E-state index contributed by atoms with van der Waals surface area (Å²) in [6.45, 7) is 9.39. The fraction of sp³-hybridized carbons (Fsp3) is 0.522. The van der Waals surface area contributed by atoms with Gasteiger partial charge in [-0.3, -0.25) is 14.5 Å². The van der Waals surface area contributed by atoms with Crippen molar-refractivity contribution in [3.8, 4) is 5.75 Å². The molecule has 2 amide bonds. The quantitative estimate of drug-likeness (QED) is 0.469. The lowest BCUT2D eigenvalue weighted by molar-refractivity contribution is -0.159. The van der Waals surface area contributed by atoms with Crippen LogP contribution in [0.1, 0.15) is 41.0 Å². The van der Waals surface area contributed by atoms with E-state index in [0.29, 0.717) is 17.9 Å². The molecule has 32 heavy (non-hydrogen) atoms. The summed E-state index contributed by atoms with van der Waals surface area (Å²) in [4.78, 5) is 39.7. The second-order valence-corrected chi connectivity index (χ2v) is 9.80. The summed E-state index contributed by atoms with van der Waals surface area (Å²) in [5, 5.41) is 2.27. The van der Waals surface area contributed by atoms with Gasteiger partial charge in [-0.15, -0.1) is 0 Å². The Bertz CT molecular complexity index is 895. The lowest BCUT2D eigenvalue weighted by atomic mass is 10.0. The van der Waals surface area contributed by atoms with E-state index in [-0.39, 0.29) is 18.2 Å². The number of fused-ring (bicyclic) bond motifs is 1. The smallest absolute Gasteiger partial charge is 0.355 e. The maximum atomic E-state index is 12.9. The third-order valence-corrected chi connectivity index (χ3v) is 6.27. The number of thioether (sulfide) groups is 1. The Labute approximate surface area is 192 Å². The molecule has 1 saturated heterocycles. The average Bonchev–Trinajstić information content (AvgIpc) is 2.74. The molecular formula is C23H30N2O6S. The largest absolute Gasteiger partial charge is 0.484 e. The van der Waals surface area contributed by atoms with Crippen LogP contribution in [0, 0.1) is 0 Å². The van der Waals surface area contributed by atoms with E-state index in [1.807, 2.05) is 25.1 Å². The molecule has 0 spiro atoms. The molecule has 1 unspecified atom stereocenters. The molecule has 9 heteroatoms. The van der Waals surface area contributed by atoms with Crippen LogP contribution in [-0.2, 0) is 23.9 Å². The summed E-state index contributed by atoms with van der Waals surface area (Å²) in [6.07, 6.45) is 0.816. The van der Waals surface area contributed by atoms with Crippen LogP contribution in [0.25, 0.3) is 0 Å². The van der Waals surface area contributed by atoms with E-state index >= 15 is 0 Å². The van der Waals surface area contributed by atoms with E-state index < -0.39 is 34.3 Å². The third-order valence-electron chi connectivity index (χ3n) is 4.77. The van der Waals surface area contributed by atoms with Crippen LogP contribution in [0.4, 0.5) is 0 Å². The predicted octanol–water partition coefficient (Wildman–Crippen LogP) is 2.83. The van der Waals surface area contributed by atoms with E-state index in [0.717, 1.165) is 6.42 Å². The number of carbonyl (C=O) groups is 3. The highest BCUT2D eigenvalue weighted by Gasteiger charge is 2.56. The normalized spacial score (nSPS) is 22.7. The van der Waals surface area contributed by atoms with Gasteiger partial charge in [0.25, 0.3) is 11.8 Å². The van der Waals surface area contributed by atoms with Crippen LogP contribution in [-0.4, -0.2) is 58.4 Å². The number of hydrogen-bond donors (Lipinski definition) is 1. The Hall–Kier alpha value is -2.52. The van der Waals surface area contributed by atoms with Crippen LogP contribution in [0.2, 0.25) is 0 Å².